The lowest BCUT2D eigenvalue weighted by atomic mass is 9.59. The number of hydrogen-bond acceptors (Lipinski definition) is 0. The van der Waals surface area contributed by atoms with Gasteiger partial charge >= 0.3 is 0 Å². The lowest BCUT2D eigenvalue weighted by Gasteiger charge is -1.92. The van der Waals surface area contributed by atoms with Crippen LogP contribution < -0.4 is 0 Å². The van der Waals surface area contributed by atoms with E-state index >= 15 is 0 Å². The summed E-state index contributed by atoms with van der Waals surface area (Å²) in [7, 11) is 10.7. The molecule has 5 radical (unpaired) electrons. The molecule has 0 saturated carbocycles. The number of hydrogen-bond donors (Lipinski definition) is 0. The van der Waals surface area contributed by atoms with Gasteiger partial charge in [0, 0.05) is 7.74 Å². The van der Waals surface area contributed by atoms with Crippen LogP contribution in [0.3, 0.4) is 0 Å². The van der Waals surface area contributed by atoms with Crippen molar-refractivity contribution in [2.75, 3.05) is 0 Å². The topological polar surface area (TPSA) is 0 Å². The third-order valence-corrected chi connectivity index (χ3v) is 1.88. The highest BCUT2D eigenvalue weighted by molar-refractivity contribution is 6.88. The van der Waals surface area contributed by atoms with Crippen molar-refractivity contribution in [1.82, 2.24) is 0 Å². The van der Waals surface area contributed by atoms with Gasteiger partial charge in [0.15, 0.2) is 0 Å². The fraction of sp³-hybridized carbons (Fsp3) is 0.200. The molecule has 0 aliphatic rings. The Morgan fingerprint density at radius 3 is 1.30 bits per heavy atom. The average molecular weight is 269 g/mol. The molecular weight excluding hydrogens is 251 g/mol. The van der Waals surface area contributed by atoms with Gasteiger partial charge in [0.1, 0.15) is 0 Å². The van der Waals surface area contributed by atoms with Crippen molar-refractivity contribution < 1.29 is 8.78 Å². The van der Waals surface area contributed by atoms with Crippen molar-refractivity contribution in [3.8, 4) is 0 Å². The summed E-state index contributed by atoms with van der Waals surface area (Å²) in [5.41, 5.74) is 0. The third-order valence-electron chi connectivity index (χ3n) is 1.88. The minimum atomic E-state index is -1.62. The lowest BCUT2D eigenvalue weighted by molar-refractivity contribution is 0.420. The largest absolute Gasteiger partial charge is 0.266 e. The standard InChI is InChI=1S/C10H8.C3H4F2.CH3B2.CH3B/c1-2-6-10-8-4-3-7-9(10)5-1;1-2-3(4)5;1-3-2;1-2/h1-8H;2H,1H3;1H3;1H3. The molecule has 0 saturated heterocycles. The first kappa shape index (κ1) is 20.8. The highest BCUT2D eigenvalue weighted by Crippen LogP contribution is 2.11. The van der Waals surface area contributed by atoms with E-state index in [1.807, 2.05) is 0 Å². The van der Waals surface area contributed by atoms with Gasteiger partial charge in [-0.25, -0.2) is 0 Å². The van der Waals surface area contributed by atoms with Crippen molar-refractivity contribution in [2.24, 2.45) is 0 Å². The monoisotopic (exact) mass is 269 g/mol. The molecule has 2 aromatic rings. The zero-order valence-electron chi connectivity index (χ0n) is 12.2. The van der Waals surface area contributed by atoms with Gasteiger partial charge in [0.25, 0.3) is 6.08 Å². The SMILES string of the molecule is CC=C(F)F.[B]C.[B][B]C.c1ccc2ccccc2c1. The van der Waals surface area contributed by atoms with Gasteiger partial charge in [0.2, 0.25) is 0 Å². The number of halogens is 2. The van der Waals surface area contributed by atoms with E-state index < -0.39 is 6.08 Å². The first-order valence-corrected chi connectivity index (χ1v) is 6.14. The molecule has 2 rings (SSSR count). The van der Waals surface area contributed by atoms with E-state index in [4.69, 9.17) is 7.74 Å². The molecule has 0 aromatic heterocycles. The third kappa shape index (κ3) is 11.6. The first-order chi connectivity index (χ1) is 9.65. The molecule has 0 unspecified atom stereocenters. The Balaban J connectivity index is 0. The Hall–Kier alpha value is -1.51. The number of allylic oxidation sites excluding steroid dienone is 1. The highest BCUT2D eigenvalue weighted by atomic mass is 19.3. The van der Waals surface area contributed by atoms with Gasteiger partial charge in [-0.1, -0.05) is 55.4 Å². The first-order valence-electron chi connectivity index (χ1n) is 6.14. The van der Waals surface area contributed by atoms with E-state index in [-0.39, 0.29) is 0 Å². The minimum absolute atomic E-state index is 0.750. The molecule has 0 spiro atoms. The molecule has 0 atom stereocenters. The Labute approximate surface area is 124 Å². The van der Waals surface area contributed by atoms with Crippen LogP contribution >= 0.6 is 0 Å². The molecule has 2 aromatic carbocycles. The zero-order chi connectivity index (χ0) is 15.8. The molecule has 0 aliphatic carbocycles. The maximum atomic E-state index is 10.6. The molecule has 0 nitrogen and oxygen atoms in total. The summed E-state index contributed by atoms with van der Waals surface area (Å²) in [6, 6.07) is 16.7. The van der Waals surface area contributed by atoms with Gasteiger partial charge < -0.3 is 0 Å². The van der Waals surface area contributed by atoms with Gasteiger partial charge in [-0.3, -0.25) is 0 Å². The van der Waals surface area contributed by atoms with Gasteiger partial charge in [-0.15, -0.1) is 6.82 Å². The van der Waals surface area contributed by atoms with Crippen molar-refractivity contribution >= 4 is 33.5 Å². The Morgan fingerprint density at radius 1 is 0.950 bits per heavy atom. The molecule has 20 heavy (non-hydrogen) atoms. The molecule has 0 aliphatic heterocycles. The summed E-state index contributed by atoms with van der Waals surface area (Å²) in [5.74, 6) is 0. The van der Waals surface area contributed by atoms with Crippen LogP contribution in [0.15, 0.2) is 60.7 Å². The Bertz CT molecular complexity index is 404. The number of benzene rings is 2. The summed E-state index contributed by atoms with van der Waals surface area (Å²) in [6.07, 6.45) is -0.870. The minimum Gasteiger partial charge on any atom is -0.174 e. The summed E-state index contributed by atoms with van der Waals surface area (Å²) < 4.78 is 21.2. The quantitative estimate of drug-likeness (QED) is 0.610. The fourth-order valence-corrected chi connectivity index (χ4v) is 1.13. The van der Waals surface area contributed by atoms with Crippen molar-refractivity contribution in [3.05, 3.63) is 60.7 Å². The van der Waals surface area contributed by atoms with E-state index in [0.717, 1.165) is 6.08 Å². The molecule has 0 bridgehead atoms. The molecule has 5 heteroatoms. The number of rotatable bonds is 0. The maximum absolute atomic E-state index is 10.6. The Kier molecular flexibility index (Phi) is 16.2. The molecule has 0 fully saturated rings. The van der Waals surface area contributed by atoms with Crippen LogP contribution in [-0.2, 0) is 0 Å². The lowest BCUT2D eigenvalue weighted by Crippen LogP contribution is -1.68. The summed E-state index contributed by atoms with van der Waals surface area (Å²) in [6.45, 7) is 4.56. The van der Waals surface area contributed by atoms with Crippen molar-refractivity contribution in [2.45, 2.75) is 20.6 Å². The predicted molar refractivity (Wildman–Crippen MR) is 88.9 cm³/mol. The van der Waals surface area contributed by atoms with E-state index in [1.165, 1.54) is 31.7 Å². The van der Waals surface area contributed by atoms with Crippen LogP contribution in [0.4, 0.5) is 8.78 Å². The van der Waals surface area contributed by atoms with E-state index in [1.54, 1.807) is 6.82 Å². The Morgan fingerprint density at radius 2 is 1.15 bits per heavy atom. The summed E-state index contributed by atoms with van der Waals surface area (Å²) in [4.78, 5) is 0. The van der Waals surface area contributed by atoms with Crippen LogP contribution in [0.1, 0.15) is 6.92 Å². The van der Waals surface area contributed by atoms with Crippen molar-refractivity contribution in [3.63, 3.8) is 0 Å². The normalized spacial score (nSPS) is 7.65. The second-order valence-electron chi connectivity index (χ2n) is 3.26. The van der Waals surface area contributed by atoms with E-state index in [9.17, 15) is 8.78 Å². The van der Waals surface area contributed by atoms with Crippen molar-refractivity contribution in [1.29, 1.82) is 0 Å². The van der Waals surface area contributed by atoms with Crippen LogP contribution in [0, 0.1) is 0 Å². The van der Waals surface area contributed by atoms with Crippen LogP contribution in [-0.4, -0.2) is 22.8 Å². The van der Waals surface area contributed by atoms with Gasteiger partial charge in [-0.2, -0.15) is 8.78 Å². The second-order valence-corrected chi connectivity index (χ2v) is 3.26. The zero-order valence-corrected chi connectivity index (χ0v) is 12.2. The van der Waals surface area contributed by atoms with E-state index in [0.29, 0.717) is 0 Å². The predicted octanol–water partition coefficient (Wildman–Crippen LogP) is 4.65. The van der Waals surface area contributed by atoms with E-state index in [2.05, 4.69) is 56.4 Å². The highest BCUT2D eigenvalue weighted by Gasteiger charge is 1.85. The maximum Gasteiger partial charge on any atom is 0.266 e. The second kappa shape index (κ2) is 15.6. The van der Waals surface area contributed by atoms with Crippen LogP contribution in [0.2, 0.25) is 13.6 Å². The van der Waals surface area contributed by atoms with Crippen LogP contribution in [0.5, 0.6) is 0 Å². The molecule has 0 N–H and O–H groups in total. The number of fused-ring (bicyclic) bond motifs is 1. The van der Waals surface area contributed by atoms with Gasteiger partial charge in [0.05, 0.1) is 15.0 Å². The summed E-state index contributed by atoms with van der Waals surface area (Å²) >= 11 is 0. The molecule has 0 amide bonds. The fourth-order valence-electron chi connectivity index (χ4n) is 1.13. The van der Waals surface area contributed by atoms with Crippen LogP contribution in [0.25, 0.3) is 10.8 Å². The molecule has 0 heterocycles. The smallest absolute Gasteiger partial charge is 0.174 e. The summed E-state index contributed by atoms with van der Waals surface area (Å²) in [5, 5.41) is 2.62. The average Bonchev–Trinajstić information content (AvgIpc) is 2.51. The molecule has 101 valence electrons. The molecular formula is C15H18B3F2. The van der Waals surface area contributed by atoms with Gasteiger partial charge in [-0.05, 0) is 23.8 Å².